The molecule has 1 N–H and O–H groups in total. The van der Waals surface area contributed by atoms with E-state index >= 15 is 0 Å². The molecule has 0 radical (unpaired) electrons. The van der Waals surface area contributed by atoms with Crippen LogP contribution in [-0.2, 0) is 15.7 Å². The first kappa shape index (κ1) is 27.7. The van der Waals surface area contributed by atoms with Crippen LogP contribution >= 0.6 is 11.6 Å². The monoisotopic (exact) mass is 498 g/mol. The SMILES string of the molecule is C=CCOc1cc(C)c(Cl)cc1[C@H](N[S@@](=O)C(C)(C)C)C1CCN(C(=O)OC(C)(C)C)CC1. The quantitative estimate of drug-likeness (QED) is 0.471. The van der Waals surface area contributed by atoms with Crippen molar-refractivity contribution in [3.63, 3.8) is 0 Å². The maximum atomic E-state index is 13.1. The number of rotatable bonds is 7. The molecule has 1 aromatic rings. The van der Waals surface area contributed by atoms with Crippen LogP contribution in [-0.4, -0.2) is 45.2 Å². The van der Waals surface area contributed by atoms with Crippen molar-refractivity contribution in [3.05, 3.63) is 40.9 Å². The molecular formula is C25H39ClN2O4S. The number of aryl methyl sites for hydroxylation is 1. The van der Waals surface area contributed by atoms with Crippen molar-refractivity contribution in [1.29, 1.82) is 0 Å². The summed E-state index contributed by atoms with van der Waals surface area (Å²) in [6, 6.07) is 3.59. The van der Waals surface area contributed by atoms with E-state index in [4.69, 9.17) is 21.1 Å². The molecule has 186 valence electrons. The Hall–Kier alpha value is -1.57. The predicted octanol–water partition coefficient (Wildman–Crippen LogP) is 5.95. The third-order valence-corrected chi connectivity index (χ3v) is 7.42. The second kappa shape index (κ2) is 11.2. The van der Waals surface area contributed by atoms with Crippen molar-refractivity contribution in [3.8, 4) is 5.75 Å². The number of ether oxygens (including phenoxy) is 2. The number of nitrogens with one attached hydrogen (secondary N) is 1. The van der Waals surface area contributed by atoms with Crippen LogP contribution in [0.1, 0.15) is 71.6 Å². The summed E-state index contributed by atoms with van der Waals surface area (Å²) in [4.78, 5) is 14.3. The Morgan fingerprint density at radius 1 is 1.27 bits per heavy atom. The van der Waals surface area contributed by atoms with Gasteiger partial charge < -0.3 is 14.4 Å². The van der Waals surface area contributed by atoms with Crippen LogP contribution in [0.15, 0.2) is 24.8 Å². The molecule has 33 heavy (non-hydrogen) atoms. The van der Waals surface area contributed by atoms with Gasteiger partial charge in [-0.2, -0.15) is 0 Å². The molecule has 0 aromatic heterocycles. The van der Waals surface area contributed by atoms with Gasteiger partial charge in [0, 0.05) is 23.7 Å². The lowest BCUT2D eigenvalue weighted by atomic mass is 9.85. The molecule has 0 unspecified atom stereocenters. The average molecular weight is 499 g/mol. The van der Waals surface area contributed by atoms with E-state index in [-0.39, 0.29) is 18.1 Å². The molecule has 2 rings (SSSR count). The minimum atomic E-state index is -1.30. The van der Waals surface area contributed by atoms with Gasteiger partial charge in [0.25, 0.3) is 0 Å². The minimum absolute atomic E-state index is 0.139. The number of hydrogen-bond acceptors (Lipinski definition) is 4. The normalized spacial score (nSPS) is 17.4. The lowest BCUT2D eigenvalue weighted by Gasteiger charge is -2.38. The van der Waals surface area contributed by atoms with Gasteiger partial charge in [-0.3, -0.25) is 0 Å². The van der Waals surface area contributed by atoms with Crippen molar-refractivity contribution in [2.75, 3.05) is 19.7 Å². The van der Waals surface area contributed by atoms with Crippen molar-refractivity contribution in [1.82, 2.24) is 9.62 Å². The molecule has 0 spiro atoms. The maximum Gasteiger partial charge on any atom is 0.410 e. The number of carbonyl (C=O) groups excluding carboxylic acids is 1. The summed E-state index contributed by atoms with van der Waals surface area (Å²) in [5.74, 6) is 0.842. The fourth-order valence-electron chi connectivity index (χ4n) is 3.63. The molecule has 1 aromatic carbocycles. The van der Waals surface area contributed by atoms with E-state index in [1.54, 1.807) is 11.0 Å². The molecule has 1 aliphatic heterocycles. The summed E-state index contributed by atoms with van der Waals surface area (Å²) in [5.41, 5.74) is 1.26. The zero-order valence-electron chi connectivity index (χ0n) is 21.0. The van der Waals surface area contributed by atoms with Crippen molar-refractivity contribution < 1.29 is 18.5 Å². The fraction of sp³-hybridized carbons (Fsp3) is 0.640. The van der Waals surface area contributed by atoms with Crippen LogP contribution < -0.4 is 9.46 Å². The van der Waals surface area contributed by atoms with E-state index in [0.717, 1.165) is 24.0 Å². The molecule has 0 saturated carbocycles. The topological polar surface area (TPSA) is 67.9 Å². The number of nitrogens with zero attached hydrogens (tertiary/aromatic N) is 1. The number of hydrogen-bond donors (Lipinski definition) is 1. The molecule has 1 fully saturated rings. The van der Waals surface area contributed by atoms with Crippen molar-refractivity contribution in [2.24, 2.45) is 5.92 Å². The zero-order valence-corrected chi connectivity index (χ0v) is 22.6. The van der Waals surface area contributed by atoms with E-state index in [9.17, 15) is 9.00 Å². The van der Waals surface area contributed by atoms with Gasteiger partial charge >= 0.3 is 6.09 Å². The van der Waals surface area contributed by atoms with Gasteiger partial charge in [-0.25, -0.2) is 13.7 Å². The van der Waals surface area contributed by atoms with Crippen LogP contribution in [0.25, 0.3) is 0 Å². The second-order valence-corrected chi connectivity index (χ2v) is 12.9. The van der Waals surface area contributed by atoms with Crippen LogP contribution in [0.4, 0.5) is 4.79 Å². The fourth-order valence-corrected chi connectivity index (χ4v) is 4.71. The highest BCUT2D eigenvalue weighted by atomic mass is 35.5. The Kier molecular flexibility index (Phi) is 9.42. The van der Waals surface area contributed by atoms with Gasteiger partial charge in [-0.05, 0) is 84.9 Å². The minimum Gasteiger partial charge on any atom is -0.489 e. The molecule has 6 nitrogen and oxygen atoms in total. The number of amides is 1. The maximum absolute atomic E-state index is 13.1. The van der Waals surface area contributed by atoms with Crippen LogP contribution in [0.2, 0.25) is 5.02 Å². The number of likely N-dealkylation sites (tertiary alicyclic amines) is 1. The molecule has 2 atom stereocenters. The van der Waals surface area contributed by atoms with Gasteiger partial charge in [0.2, 0.25) is 0 Å². The van der Waals surface area contributed by atoms with E-state index < -0.39 is 21.3 Å². The Bertz CT molecular complexity index is 868. The summed E-state index contributed by atoms with van der Waals surface area (Å²) in [7, 11) is -1.30. The average Bonchev–Trinajstić information content (AvgIpc) is 2.70. The third kappa shape index (κ3) is 8.01. The van der Waals surface area contributed by atoms with Gasteiger partial charge in [0.1, 0.15) is 18.0 Å². The molecule has 1 amide bonds. The van der Waals surface area contributed by atoms with E-state index in [2.05, 4.69) is 11.3 Å². The van der Waals surface area contributed by atoms with Gasteiger partial charge in [-0.1, -0.05) is 24.3 Å². The lowest BCUT2D eigenvalue weighted by Crippen LogP contribution is -2.45. The second-order valence-electron chi connectivity index (χ2n) is 10.5. The number of halogens is 1. The third-order valence-electron chi connectivity index (χ3n) is 5.44. The highest BCUT2D eigenvalue weighted by Crippen LogP contribution is 2.39. The number of piperidine rings is 1. The van der Waals surface area contributed by atoms with Crippen LogP contribution in [0.5, 0.6) is 5.75 Å². The molecule has 8 heteroatoms. The predicted molar refractivity (Wildman–Crippen MR) is 136 cm³/mol. The highest BCUT2D eigenvalue weighted by Gasteiger charge is 2.35. The van der Waals surface area contributed by atoms with E-state index in [1.807, 2.05) is 60.6 Å². The van der Waals surface area contributed by atoms with Gasteiger partial charge in [-0.15, -0.1) is 0 Å². The Labute approximate surface area is 206 Å². The smallest absolute Gasteiger partial charge is 0.410 e. The largest absolute Gasteiger partial charge is 0.489 e. The molecule has 1 heterocycles. The van der Waals surface area contributed by atoms with E-state index in [0.29, 0.717) is 30.5 Å². The van der Waals surface area contributed by atoms with Crippen molar-refractivity contribution in [2.45, 2.75) is 77.7 Å². The molecule has 0 bridgehead atoms. The molecular weight excluding hydrogens is 460 g/mol. The summed E-state index contributed by atoms with van der Waals surface area (Å²) in [6.45, 7) is 18.6. The molecule has 1 aliphatic rings. The summed E-state index contributed by atoms with van der Waals surface area (Å²) in [5, 5.41) is 0.635. The standard InChI is InChI=1S/C25H39ClN2O4S/c1-9-14-31-21-15-17(2)20(26)16-19(21)22(27-33(30)25(6,7)8)18-10-12-28(13-11-18)23(29)32-24(3,4)5/h9,15-16,18,22,27H,1,10-14H2,2-8H3/t22-,33+/m1/s1. The Morgan fingerprint density at radius 2 is 1.88 bits per heavy atom. The first-order valence-corrected chi connectivity index (χ1v) is 13.0. The van der Waals surface area contributed by atoms with E-state index in [1.165, 1.54) is 0 Å². The van der Waals surface area contributed by atoms with Gasteiger partial charge in [0.05, 0.1) is 21.8 Å². The number of carbonyl (C=O) groups is 1. The van der Waals surface area contributed by atoms with Crippen LogP contribution in [0.3, 0.4) is 0 Å². The molecule has 0 aliphatic carbocycles. The van der Waals surface area contributed by atoms with Crippen LogP contribution in [0, 0.1) is 12.8 Å². The summed E-state index contributed by atoms with van der Waals surface area (Å²) < 4.78 is 27.6. The zero-order chi connectivity index (χ0) is 25.0. The van der Waals surface area contributed by atoms with Crippen molar-refractivity contribution >= 4 is 28.7 Å². The Morgan fingerprint density at radius 3 is 2.39 bits per heavy atom. The molecule has 1 saturated heterocycles. The number of benzene rings is 1. The lowest BCUT2D eigenvalue weighted by molar-refractivity contribution is 0.0171. The first-order chi connectivity index (χ1) is 15.2. The Balaban J connectivity index is 2.33. The summed E-state index contributed by atoms with van der Waals surface area (Å²) >= 11 is 6.51. The highest BCUT2D eigenvalue weighted by molar-refractivity contribution is 7.84. The summed E-state index contributed by atoms with van der Waals surface area (Å²) in [6.07, 6.45) is 2.88. The van der Waals surface area contributed by atoms with Gasteiger partial charge in [0.15, 0.2) is 0 Å². The first-order valence-electron chi connectivity index (χ1n) is 11.4.